The van der Waals surface area contributed by atoms with E-state index in [0.29, 0.717) is 36.2 Å². The number of hydrogen-bond donors (Lipinski definition) is 2. The SMILES string of the molecule is CCOC(=O)C1=C(CN(Cc2ccc(OC)cc2)C2CC2)NC(=O)N[C@H]1c1ccco1. The summed E-state index contributed by atoms with van der Waals surface area (Å²) < 4.78 is 16.1. The Morgan fingerprint density at radius 2 is 1.97 bits per heavy atom. The molecule has 164 valence electrons. The molecule has 1 aliphatic heterocycles. The first-order chi connectivity index (χ1) is 15.1. The molecule has 1 aliphatic carbocycles. The van der Waals surface area contributed by atoms with Crippen molar-refractivity contribution in [3.8, 4) is 5.75 Å². The molecule has 2 amide bonds. The van der Waals surface area contributed by atoms with Crippen molar-refractivity contribution in [2.75, 3.05) is 20.3 Å². The Morgan fingerprint density at radius 3 is 2.58 bits per heavy atom. The lowest BCUT2D eigenvalue weighted by Gasteiger charge is -2.31. The molecule has 1 atom stereocenters. The monoisotopic (exact) mass is 425 g/mol. The van der Waals surface area contributed by atoms with Crippen LogP contribution >= 0.6 is 0 Å². The van der Waals surface area contributed by atoms with Crippen LogP contribution in [-0.2, 0) is 16.1 Å². The van der Waals surface area contributed by atoms with Gasteiger partial charge in [-0.3, -0.25) is 4.90 Å². The van der Waals surface area contributed by atoms with Crippen LogP contribution in [0.15, 0.2) is 58.3 Å². The maximum atomic E-state index is 12.9. The van der Waals surface area contributed by atoms with Gasteiger partial charge in [-0.05, 0) is 49.6 Å². The van der Waals surface area contributed by atoms with Gasteiger partial charge in [0.25, 0.3) is 0 Å². The maximum Gasteiger partial charge on any atom is 0.338 e. The molecule has 0 unspecified atom stereocenters. The molecule has 31 heavy (non-hydrogen) atoms. The largest absolute Gasteiger partial charge is 0.497 e. The summed E-state index contributed by atoms with van der Waals surface area (Å²) in [4.78, 5) is 27.6. The van der Waals surface area contributed by atoms with E-state index in [1.165, 1.54) is 6.26 Å². The third-order valence-corrected chi connectivity index (χ3v) is 5.45. The zero-order chi connectivity index (χ0) is 21.8. The average Bonchev–Trinajstić information content (AvgIpc) is 3.47. The number of benzene rings is 1. The van der Waals surface area contributed by atoms with Crippen molar-refractivity contribution in [2.24, 2.45) is 0 Å². The normalized spacial score (nSPS) is 18.5. The van der Waals surface area contributed by atoms with Crippen LogP contribution < -0.4 is 15.4 Å². The van der Waals surface area contributed by atoms with Crippen molar-refractivity contribution in [1.82, 2.24) is 15.5 Å². The fourth-order valence-corrected chi connectivity index (χ4v) is 3.78. The van der Waals surface area contributed by atoms with E-state index < -0.39 is 12.0 Å². The number of furan rings is 1. The van der Waals surface area contributed by atoms with Crippen LogP contribution in [0.4, 0.5) is 4.79 Å². The molecule has 0 radical (unpaired) electrons. The molecular formula is C23H27N3O5. The fraction of sp³-hybridized carbons (Fsp3) is 0.391. The number of hydrogen-bond acceptors (Lipinski definition) is 6. The van der Waals surface area contributed by atoms with Gasteiger partial charge >= 0.3 is 12.0 Å². The van der Waals surface area contributed by atoms with E-state index >= 15 is 0 Å². The smallest absolute Gasteiger partial charge is 0.338 e. The van der Waals surface area contributed by atoms with Crippen LogP contribution in [0.3, 0.4) is 0 Å². The van der Waals surface area contributed by atoms with Gasteiger partial charge in [0.05, 0.1) is 25.6 Å². The molecular weight excluding hydrogens is 398 g/mol. The van der Waals surface area contributed by atoms with Crippen molar-refractivity contribution in [1.29, 1.82) is 0 Å². The average molecular weight is 425 g/mol. The van der Waals surface area contributed by atoms with E-state index in [1.807, 2.05) is 24.3 Å². The third kappa shape index (κ3) is 4.91. The van der Waals surface area contributed by atoms with Gasteiger partial charge in [-0.1, -0.05) is 12.1 Å². The molecule has 0 spiro atoms. The first kappa shape index (κ1) is 21.0. The zero-order valence-corrected chi connectivity index (χ0v) is 17.7. The van der Waals surface area contributed by atoms with Crippen molar-refractivity contribution in [3.63, 3.8) is 0 Å². The van der Waals surface area contributed by atoms with Crippen LogP contribution in [0, 0.1) is 0 Å². The van der Waals surface area contributed by atoms with E-state index in [9.17, 15) is 9.59 Å². The summed E-state index contributed by atoms with van der Waals surface area (Å²) in [5, 5.41) is 5.62. The van der Waals surface area contributed by atoms with Gasteiger partial charge < -0.3 is 24.5 Å². The summed E-state index contributed by atoms with van der Waals surface area (Å²) in [6, 6.07) is 10.7. The van der Waals surface area contributed by atoms with Crippen LogP contribution in [0.25, 0.3) is 0 Å². The molecule has 4 rings (SSSR count). The molecule has 0 bridgehead atoms. The Hall–Kier alpha value is -3.26. The number of carbonyl (C=O) groups is 2. The number of nitrogens with one attached hydrogen (secondary N) is 2. The number of urea groups is 1. The number of ether oxygens (including phenoxy) is 2. The number of nitrogens with zero attached hydrogens (tertiary/aromatic N) is 1. The van der Waals surface area contributed by atoms with Gasteiger partial charge in [0, 0.05) is 24.8 Å². The number of carbonyl (C=O) groups excluding carboxylic acids is 2. The van der Waals surface area contributed by atoms with Gasteiger partial charge in [-0.2, -0.15) is 0 Å². The molecule has 2 aromatic rings. The van der Waals surface area contributed by atoms with Crippen LogP contribution in [0.5, 0.6) is 5.75 Å². The predicted octanol–water partition coefficient (Wildman–Crippen LogP) is 3.12. The second-order valence-electron chi connectivity index (χ2n) is 7.64. The Balaban J connectivity index is 1.63. The minimum atomic E-state index is -0.695. The van der Waals surface area contributed by atoms with Gasteiger partial charge in [-0.25, -0.2) is 9.59 Å². The summed E-state index contributed by atoms with van der Waals surface area (Å²) in [5.74, 6) is 0.830. The maximum absolute atomic E-state index is 12.9. The highest BCUT2D eigenvalue weighted by Gasteiger charge is 2.37. The minimum Gasteiger partial charge on any atom is -0.497 e. The number of amides is 2. The second-order valence-corrected chi connectivity index (χ2v) is 7.64. The predicted molar refractivity (Wildman–Crippen MR) is 113 cm³/mol. The van der Waals surface area contributed by atoms with Crippen molar-refractivity contribution < 1.29 is 23.5 Å². The van der Waals surface area contributed by atoms with Gasteiger partial charge in [0.15, 0.2) is 0 Å². The molecule has 8 nitrogen and oxygen atoms in total. The van der Waals surface area contributed by atoms with Crippen molar-refractivity contribution in [3.05, 3.63) is 65.3 Å². The number of methoxy groups -OCH3 is 1. The quantitative estimate of drug-likeness (QED) is 0.600. The first-order valence-corrected chi connectivity index (χ1v) is 10.5. The van der Waals surface area contributed by atoms with Crippen LogP contribution in [0.2, 0.25) is 0 Å². The van der Waals surface area contributed by atoms with Gasteiger partial charge in [0.1, 0.15) is 17.6 Å². The standard InChI is InChI=1S/C23H27N3O5/c1-3-30-22(27)20-18(24-23(28)25-21(20)19-5-4-12-31-19)14-26(16-8-9-16)13-15-6-10-17(29-2)11-7-15/h4-7,10-12,16,21H,3,8-9,13-14H2,1-2H3,(H2,24,25,28)/t21-/m0/s1. The Bertz CT molecular complexity index is 948. The summed E-state index contributed by atoms with van der Waals surface area (Å²) >= 11 is 0. The summed E-state index contributed by atoms with van der Waals surface area (Å²) in [5.41, 5.74) is 2.05. The molecule has 1 aromatic carbocycles. The lowest BCUT2D eigenvalue weighted by atomic mass is 9.99. The molecule has 1 fully saturated rings. The molecule has 2 heterocycles. The Morgan fingerprint density at radius 1 is 1.19 bits per heavy atom. The summed E-state index contributed by atoms with van der Waals surface area (Å²) in [6.45, 7) is 3.13. The molecule has 1 saturated carbocycles. The van der Waals surface area contributed by atoms with Crippen molar-refractivity contribution in [2.45, 2.75) is 38.4 Å². The lowest BCUT2D eigenvalue weighted by Crippen LogP contribution is -2.48. The number of esters is 1. The van der Waals surface area contributed by atoms with Crippen molar-refractivity contribution >= 4 is 12.0 Å². The number of rotatable bonds is 9. The molecule has 1 aromatic heterocycles. The molecule has 0 saturated heterocycles. The highest BCUT2D eigenvalue weighted by Crippen LogP contribution is 2.32. The Kier molecular flexibility index (Phi) is 6.27. The lowest BCUT2D eigenvalue weighted by molar-refractivity contribution is -0.139. The Labute approximate surface area is 181 Å². The van der Waals surface area contributed by atoms with Crippen LogP contribution in [-0.4, -0.2) is 43.2 Å². The molecule has 8 heteroatoms. The summed E-state index contributed by atoms with van der Waals surface area (Å²) in [6.07, 6.45) is 3.70. The highest BCUT2D eigenvalue weighted by molar-refractivity contribution is 5.95. The zero-order valence-electron chi connectivity index (χ0n) is 17.7. The molecule has 2 aliphatic rings. The molecule has 2 N–H and O–H groups in total. The fourth-order valence-electron chi connectivity index (χ4n) is 3.78. The van der Waals surface area contributed by atoms with E-state index in [4.69, 9.17) is 13.9 Å². The van der Waals surface area contributed by atoms with Crippen LogP contribution in [0.1, 0.15) is 37.1 Å². The van der Waals surface area contributed by atoms with E-state index in [-0.39, 0.29) is 12.6 Å². The summed E-state index contributed by atoms with van der Waals surface area (Å²) in [7, 11) is 1.64. The first-order valence-electron chi connectivity index (χ1n) is 10.5. The third-order valence-electron chi connectivity index (χ3n) is 5.45. The minimum absolute atomic E-state index is 0.243. The second kappa shape index (κ2) is 9.26. The highest BCUT2D eigenvalue weighted by atomic mass is 16.5. The topological polar surface area (TPSA) is 93.0 Å². The van der Waals surface area contributed by atoms with E-state index in [1.54, 1.807) is 26.2 Å². The van der Waals surface area contributed by atoms with Gasteiger partial charge in [0.2, 0.25) is 0 Å². The van der Waals surface area contributed by atoms with E-state index in [2.05, 4.69) is 15.5 Å². The van der Waals surface area contributed by atoms with Gasteiger partial charge in [-0.15, -0.1) is 0 Å². The van der Waals surface area contributed by atoms with E-state index in [0.717, 1.165) is 24.2 Å².